The van der Waals surface area contributed by atoms with Crippen molar-refractivity contribution in [2.45, 2.75) is 39.5 Å². The van der Waals surface area contributed by atoms with Gasteiger partial charge < -0.3 is 4.79 Å². The van der Waals surface area contributed by atoms with Gasteiger partial charge in [-0.05, 0) is 37.0 Å². The van der Waals surface area contributed by atoms with Crippen molar-refractivity contribution >= 4 is 6.29 Å². The van der Waals surface area contributed by atoms with E-state index < -0.39 is 0 Å². The van der Waals surface area contributed by atoms with E-state index in [2.05, 4.69) is 13.8 Å². The molecule has 0 amide bonds. The van der Waals surface area contributed by atoms with Crippen LogP contribution in [0.2, 0.25) is 0 Å². The number of rotatable bonds is 2. The van der Waals surface area contributed by atoms with Crippen LogP contribution in [0, 0.1) is 23.2 Å². The molecule has 2 saturated carbocycles. The summed E-state index contributed by atoms with van der Waals surface area (Å²) in [5.41, 5.74) is 0.0723. The lowest BCUT2D eigenvalue weighted by Gasteiger charge is -2.36. The maximum atomic E-state index is 11.2. The Balaban J connectivity index is 2.25. The molecule has 0 aliphatic heterocycles. The molecule has 2 fully saturated rings. The van der Waals surface area contributed by atoms with Gasteiger partial charge in [-0.15, -0.1) is 0 Å². The standard InChI is InChI=1S/C11H18O/c1-8(2)11(7-12)6-9-3-4-10(11)5-9/h7-10H,3-6H2,1-2H3. The number of fused-ring (bicyclic) bond motifs is 2. The second-order valence-corrected chi connectivity index (χ2v) is 4.97. The van der Waals surface area contributed by atoms with Crippen LogP contribution in [0.25, 0.3) is 0 Å². The minimum absolute atomic E-state index is 0.0723. The molecular formula is C11H18O. The van der Waals surface area contributed by atoms with Crippen LogP contribution < -0.4 is 0 Å². The number of carbonyl (C=O) groups excluding carboxylic acids is 1. The Bertz CT molecular complexity index is 197. The number of hydrogen-bond acceptors (Lipinski definition) is 1. The van der Waals surface area contributed by atoms with Crippen LogP contribution in [-0.4, -0.2) is 6.29 Å². The van der Waals surface area contributed by atoms with Crippen LogP contribution in [0.5, 0.6) is 0 Å². The Labute approximate surface area is 74.5 Å². The molecule has 1 nitrogen and oxygen atoms in total. The minimum atomic E-state index is 0.0723. The minimum Gasteiger partial charge on any atom is -0.303 e. The lowest BCUT2D eigenvalue weighted by Crippen LogP contribution is -2.34. The number of carbonyl (C=O) groups is 1. The van der Waals surface area contributed by atoms with Crippen molar-refractivity contribution in [2.75, 3.05) is 0 Å². The van der Waals surface area contributed by atoms with E-state index >= 15 is 0 Å². The summed E-state index contributed by atoms with van der Waals surface area (Å²) >= 11 is 0. The van der Waals surface area contributed by atoms with Crippen LogP contribution in [0.4, 0.5) is 0 Å². The normalized spacial score (nSPS) is 45.6. The second-order valence-electron chi connectivity index (χ2n) is 4.97. The van der Waals surface area contributed by atoms with Crippen LogP contribution in [0.15, 0.2) is 0 Å². The van der Waals surface area contributed by atoms with Crippen molar-refractivity contribution in [2.24, 2.45) is 23.2 Å². The Morgan fingerprint density at radius 1 is 1.42 bits per heavy atom. The molecule has 0 saturated heterocycles. The van der Waals surface area contributed by atoms with Crippen molar-refractivity contribution in [3.8, 4) is 0 Å². The monoisotopic (exact) mass is 166 g/mol. The number of hydrogen-bond donors (Lipinski definition) is 0. The quantitative estimate of drug-likeness (QED) is 0.576. The molecule has 3 unspecified atom stereocenters. The zero-order valence-corrected chi connectivity index (χ0v) is 8.05. The van der Waals surface area contributed by atoms with Crippen LogP contribution in [0.3, 0.4) is 0 Å². The van der Waals surface area contributed by atoms with Crippen LogP contribution >= 0.6 is 0 Å². The smallest absolute Gasteiger partial charge is 0.126 e. The maximum Gasteiger partial charge on any atom is 0.126 e. The van der Waals surface area contributed by atoms with Gasteiger partial charge in [0.05, 0.1) is 0 Å². The van der Waals surface area contributed by atoms with E-state index in [0.29, 0.717) is 5.92 Å². The predicted octanol–water partition coefficient (Wildman–Crippen LogP) is 2.65. The summed E-state index contributed by atoms with van der Waals surface area (Å²) in [5, 5.41) is 0. The predicted molar refractivity (Wildman–Crippen MR) is 48.8 cm³/mol. The summed E-state index contributed by atoms with van der Waals surface area (Å²) in [5.74, 6) is 2.15. The summed E-state index contributed by atoms with van der Waals surface area (Å²) in [7, 11) is 0. The number of aldehydes is 1. The van der Waals surface area contributed by atoms with E-state index in [1.807, 2.05) is 0 Å². The van der Waals surface area contributed by atoms with Gasteiger partial charge in [0.15, 0.2) is 0 Å². The molecule has 1 heteroatoms. The summed E-state index contributed by atoms with van der Waals surface area (Å²) in [6.07, 6.45) is 6.46. The van der Waals surface area contributed by atoms with Crippen molar-refractivity contribution in [3.63, 3.8) is 0 Å². The molecule has 12 heavy (non-hydrogen) atoms. The first-order valence-electron chi connectivity index (χ1n) is 5.15. The summed E-state index contributed by atoms with van der Waals surface area (Å²) < 4.78 is 0. The fourth-order valence-corrected chi connectivity index (χ4v) is 3.40. The lowest BCUT2D eigenvalue weighted by molar-refractivity contribution is -0.121. The Kier molecular flexibility index (Phi) is 1.78. The molecule has 68 valence electrons. The van der Waals surface area contributed by atoms with E-state index in [1.54, 1.807) is 0 Å². The van der Waals surface area contributed by atoms with Gasteiger partial charge in [-0.25, -0.2) is 0 Å². The summed E-state index contributed by atoms with van der Waals surface area (Å²) in [6.45, 7) is 4.41. The first kappa shape index (κ1) is 8.28. The Morgan fingerprint density at radius 3 is 2.42 bits per heavy atom. The molecule has 2 bridgehead atoms. The zero-order chi connectivity index (χ0) is 8.77. The third-order valence-electron chi connectivity index (χ3n) is 4.24. The third kappa shape index (κ3) is 0.884. The molecule has 0 aromatic heterocycles. The lowest BCUT2D eigenvalue weighted by atomic mass is 9.67. The molecule has 0 radical (unpaired) electrons. The van der Waals surface area contributed by atoms with Crippen molar-refractivity contribution in [1.29, 1.82) is 0 Å². The van der Waals surface area contributed by atoms with Gasteiger partial charge in [0.25, 0.3) is 0 Å². The fraction of sp³-hybridized carbons (Fsp3) is 0.909. The molecule has 2 aliphatic carbocycles. The van der Waals surface area contributed by atoms with Gasteiger partial charge in [-0.2, -0.15) is 0 Å². The topological polar surface area (TPSA) is 17.1 Å². The average molecular weight is 166 g/mol. The van der Waals surface area contributed by atoms with E-state index in [1.165, 1.54) is 32.0 Å². The zero-order valence-electron chi connectivity index (χ0n) is 8.05. The van der Waals surface area contributed by atoms with Gasteiger partial charge in [-0.3, -0.25) is 0 Å². The average Bonchev–Trinajstić information content (AvgIpc) is 2.62. The molecule has 0 spiro atoms. The third-order valence-corrected chi connectivity index (χ3v) is 4.24. The Hall–Kier alpha value is -0.330. The van der Waals surface area contributed by atoms with E-state index in [0.717, 1.165) is 11.8 Å². The van der Waals surface area contributed by atoms with Gasteiger partial charge >= 0.3 is 0 Å². The Morgan fingerprint density at radius 2 is 2.17 bits per heavy atom. The summed E-state index contributed by atoms with van der Waals surface area (Å²) in [6, 6.07) is 0. The molecule has 0 aromatic rings. The van der Waals surface area contributed by atoms with E-state index in [4.69, 9.17) is 0 Å². The highest BCUT2D eigenvalue weighted by atomic mass is 16.1. The highest BCUT2D eigenvalue weighted by molar-refractivity contribution is 5.61. The first-order chi connectivity index (χ1) is 5.69. The highest BCUT2D eigenvalue weighted by Gasteiger charge is 2.52. The molecule has 0 N–H and O–H groups in total. The molecule has 0 aromatic carbocycles. The van der Waals surface area contributed by atoms with Crippen molar-refractivity contribution < 1.29 is 4.79 Å². The second kappa shape index (κ2) is 2.58. The molecule has 3 atom stereocenters. The maximum absolute atomic E-state index is 11.2. The molecular weight excluding hydrogens is 148 g/mol. The van der Waals surface area contributed by atoms with E-state index in [9.17, 15) is 4.79 Å². The van der Waals surface area contributed by atoms with Crippen molar-refractivity contribution in [1.82, 2.24) is 0 Å². The van der Waals surface area contributed by atoms with Gasteiger partial charge in [0, 0.05) is 5.41 Å². The van der Waals surface area contributed by atoms with E-state index in [-0.39, 0.29) is 5.41 Å². The molecule has 0 heterocycles. The van der Waals surface area contributed by atoms with Crippen LogP contribution in [0.1, 0.15) is 39.5 Å². The highest BCUT2D eigenvalue weighted by Crippen LogP contribution is 2.58. The molecule has 2 rings (SSSR count). The van der Waals surface area contributed by atoms with Crippen molar-refractivity contribution in [3.05, 3.63) is 0 Å². The van der Waals surface area contributed by atoms with Gasteiger partial charge in [-0.1, -0.05) is 20.3 Å². The van der Waals surface area contributed by atoms with Gasteiger partial charge in [0.1, 0.15) is 6.29 Å². The fourth-order valence-electron chi connectivity index (χ4n) is 3.40. The van der Waals surface area contributed by atoms with Gasteiger partial charge in [0.2, 0.25) is 0 Å². The summed E-state index contributed by atoms with van der Waals surface area (Å²) in [4.78, 5) is 11.2. The molecule has 2 aliphatic rings. The first-order valence-corrected chi connectivity index (χ1v) is 5.15. The SMILES string of the molecule is CC(C)C1(C=O)CC2CCC1C2. The van der Waals surface area contributed by atoms with Crippen LogP contribution in [-0.2, 0) is 4.79 Å². The largest absolute Gasteiger partial charge is 0.303 e.